The largest absolute Gasteiger partial charge is 0.396 e. The highest BCUT2D eigenvalue weighted by Crippen LogP contribution is 2.23. The van der Waals surface area contributed by atoms with Crippen molar-refractivity contribution in [1.29, 1.82) is 0 Å². The lowest BCUT2D eigenvalue weighted by Gasteiger charge is -2.42. The van der Waals surface area contributed by atoms with Crippen molar-refractivity contribution in [2.45, 2.75) is 51.5 Å². The van der Waals surface area contributed by atoms with Crippen LogP contribution in [0.15, 0.2) is 12.2 Å². The number of amides is 1. The highest BCUT2D eigenvalue weighted by Gasteiger charge is 2.29. The Bertz CT molecular complexity index is 349. The molecule has 1 atom stereocenters. The van der Waals surface area contributed by atoms with Crippen LogP contribution in [0.25, 0.3) is 0 Å². The Balaban J connectivity index is 1.75. The molecule has 0 aromatic carbocycles. The number of hydrogen-bond donors (Lipinski definition) is 1. The van der Waals surface area contributed by atoms with Gasteiger partial charge in [0.25, 0.3) is 0 Å². The number of nitrogens with zero attached hydrogens (tertiary/aromatic N) is 2. The lowest BCUT2D eigenvalue weighted by molar-refractivity contribution is -0.132. The summed E-state index contributed by atoms with van der Waals surface area (Å²) in [6, 6.07) is 0.606. The number of carbonyl (C=O) groups is 1. The fourth-order valence-electron chi connectivity index (χ4n) is 3.54. The van der Waals surface area contributed by atoms with Crippen LogP contribution in [0.5, 0.6) is 0 Å². The van der Waals surface area contributed by atoms with E-state index in [0.717, 1.165) is 51.9 Å². The molecule has 2 saturated heterocycles. The minimum Gasteiger partial charge on any atom is -0.396 e. The molecule has 1 N–H and O–H groups in total. The third-order valence-electron chi connectivity index (χ3n) is 4.84. The zero-order chi connectivity index (χ0) is 15.1. The Labute approximate surface area is 128 Å². The molecular formula is C17H30N2O2. The van der Waals surface area contributed by atoms with E-state index in [-0.39, 0.29) is 5.91 Å². The van der Waals surface area contributed by atoms with E-state index in [0.29, 0.717) is 25.0 Å². The number of piperidine rings is 2. The number of aliphatic hydroxyl groups excluding tert-OH is 1. The maximum atomic E-state index is 12.1. The van der Waals surface area contributed by atoms with Gasteiger partial charge in [-0.25, -0.2) is 0 Å². The van der Waals surface area contributed by atoms with Gasteiger partial charge in [0.05, 0.1) is 0 Å². The van der Waals surface area contributed by atoms with E-state index in [9.17, 15) is 9.90 Å². The summed E-state index contributed by atoms with van der Waals surface area (Å²) in [7, 11) is 0. The smallest absolute Gasteiger partial charge is 0.226 e. The molecule has 0 aromatic rings. The molecule has 0 saturated carbocycles. The van der Waals surface area contributed by atoms with E-state index < -0.39 is 0 Å². The third-order valence-corrected chi connectivity index (χ3v) is 4.84. The average molecular weight is 294 g/mol. The molecule has 120 valence electrons. The Kier molecular flexibility index (Phi) is 6.71. The van der Waals surface area contributed by atoms with Gasteiger partial charge in [0.2, 0.25) is 5.91 Å². The van der Waals surface area contributed by atoms with Crippen molar-refractivity contribution >= 4 is 5.91 Å². The fraction of sp³-hybridized carbons (Fsp3) is 0.824. The number of hydrogen-bond acceptors (Lipinski definition) is 3. The van der Waals surface area contributed by atoms with Gasteiger partial charge in [0.15, 0.2) is 0 Å². The highest BCUT2D eigenvalue weighted by atomic mass is 16.3. The molecule has 2 heterocycles. The molecule has 0 aromatic heterocycles. The van der Waals surface area contributed by atoms with E-state index in [4.69, 9.17) is 0 Å². The summed E-state index contributed by atoms with van der Waals surface area (Å²) >= 11 is 0. The summed E-state index contributed by atoms with van der Waals surface area (Å²) in [6.07, 6.45) is 10.1. The van der Waals surface area contributed by atoms with Crippen molar-refractivity contribution in [1.82, 2.24) is 9.80 Å². The molecule has 2 aliphatic heterocycles. The van der Waals surface area contributed by atoms with Crippen LogP contribution in [-0.4, -0.2) is 59.6 Å². The molecular weight excluding hydrogens is 264 g/mol. The molecule has 1 amide bonds. The average Bonchev–Trinajstić information content (AvgIpc) is 2.55. The van der Waals surface area contributed by atoms with Crippen LogP contribution in [0.2, 0.25) is 0 Å². The predicted octanol–water partition coefficient (Wildman–Crippen LogP) is 2.04. The first kappa shape index (κ1) is 16.5. The number of aliphatic hydroxyl groups is 1. The summed E-state index contributed by atoms with van der Waals surface area (Å²) in [4.78, 5) is 16.6. The first-order valence-electron chi connectivity index (χ1n) is 8.52. The van der Waals surface area contributed by atoms with E-state index in [1.807, 2.05) is 11.0 Å². The summed E-state index contributed by atoms with van der Waals surface area (Å²) in [5, 5.41) is 9.34. The molecule has 2 rings (SSSR count). The minimum atomic E-state index is 0.269. The summed E-state index contributed by atoms with van der Waals surface area (Å²) < 4.78 is 0. The molecule has 2 aliphatic rings. The number of likely N-dealkylation sites (tertiary alicyclic amines) is 2. The van der Waals surface area contributed by atoms with Crippen LogP contribution >= 0.6 is 0 Å². The summed E-state index contributed by atoms with van der Waals surface area (Å²) in [5.74, 6) is 0.725. The van der Waals surface area contributed by atoms with Crippen molar-refractivity contribution in [3.8, 4) is 0 Å². The molecule has 0 spiro atoms. The van der Waals surface area contributed by atoms with Crippen LogP contribution in [0, 0.1) is 5.92 Å². The van der Waals surface area contributed by atoms with Gasteiger partial charge in [-0.2, -0.15) is 0 Å². The lowest BCUT2D eigenvalue weighted by Crippen LogP contribution is -2.50. The zero-order valence-electron chi connectivity index (χ0n) is 13.3. The highest BCUT2D eigenvalue weighted by molar-refractivity contribution is 5.77. The molecule has 4 heteroatoms. The number of rotatable bonds is 5. The maximum Gasteiger partial charge on any atom is 0.226 e. The fourth-order valence-corrected chi connectivity index (χ4v) is 3.54. The van der Waals surface area contributed by atoms with Crippen LogP contribution in [-0.2, 0) is 4.79 Å². The lowest BCUT2D eigenvalue weighted by atomic mass is 9.94. The van der Waals surface area contributed by atoms with Crippen LogP contribution in [0.3, 0.4) is 0 Å². The Morgan fingerprint density at radius 2 is 1.95 bits per heavy atom. The van der Waals surface area contributed by atoms with Gasteiger partial charge in [-0.05, 0) is 44.6 Å². The second-order valence-corrected chi connectivity index (χ2v) is 6.38. The van der Waals surface area contributed by atoms with Gasteiger partial charge >= 0.3 is 0 Å². The zero-order valence-corrected chi connectivity index (χ0v) is 13.3. The van der Waals surface area contributed by atoms with E-state index >= 15 is 0 Å². The number of carbonyl (C=O) groups excluding carboxylic acids is 1. The number of allylic oxidation sites excluding steroid dienone is 1. The standard InChI is InChI=1S/C17H30N2O2/c1-2-3-4-7-17(21)18-11-8-16(9-12-18)19-10-5-6-15(13-19)14-20/h3-4,15-16,20H,2,5-14H2,1H3/b4-3+. The van der Waals surface area contributed by atoms with Crippen molar-refractivity contribution < 1.29 is 9.90 Å². The monoisotopic (exact) mass is 294 g/mol. The predicted molar refractivity (Wildman–Crippen MR) is 85.0 cm³/mol. The summed E-state index contributed by atoms with van der Waals surface area (Å²) in [6.45, 7) is 6.39. The minimum absolute atomic E-state index is 0.269. The maximum absolute atomic E-state index is 12.1. The topological polar surface area (TPSA) is 43.8 Å². The molecule has 0 radical (unpaired) electrons. The van der Waals surface area contributed by atoms with Gasteiger partial charge in [-0.15, -0.1) is 0 Å². The molecule has 2 fully saturated rings. The van der Waals surface area contributed by atoms with E-state index in [1.165, 1.54) is 6.42 Å². The van der Waals surface area contributed by atoms with E-state index in [2.05, 4.69) is 17.9 Å². The SMILES string of the molecule is CC/C=C/CC(=O)N1CCC(N2CCCC(CO)C2)CC1. The first-order chi connectivity index (χ1) is 10.2. The van der Waals surface area contributed by atoms with Crippen molar-refractivity contribution in [3.63, 3.8) is 0 Å². The first-order valence-corrected chi connectivity index (χ1v) is 8.52. The van der Waals surface area contributed by atoms with Crippen molar-refractivity contribution in [2.75, 3.05) is 32.8 Å². The van der Waals surface area contributed by atoms with Crippen molar-refractivity contribution in [3.05, 3.63) is 12.2 Å². The van der Waals surface area contributed by atoms with Gasteiger partial charge in [-0.3, -0.25) is 9.69 Å². The normalized spacial score (nSPS) is 25.6. The van der Waals surface area contributed by atoms with E-state index in [1.54, 1.807) is 0 Å². The second-order valence-electron chi connectivity index (χ2n) is 6.38. The molecule has 0 aliphatic carbocycles. The van der Waals surface area contributed by atoms with Crippen LogP contribution < -0.4 is 0 Å². The van der Waals surface area contributed by atoms with Crippen molar-refractivity contribution in [2.24, 2.45) is 5.92 Å². The van der Waals surface area contributed by atoms with Gasteiger partial charge < -0.3 is 10.0 Å². The molecule has 1 unspecified atom stereocenters. The Morgan fingerprint density at radius 3 is 2.62 bits per heavy atom. The molecule has 4 nitrogen and oxygen atoms in total. The van der Waals surface area contributed by atoms with Gasteiger partial charge in [0, 0.05) is 38.7 Å². The molecule has 0 bridgehead atoms. The van der Waals surface area contributed by atoms with Gasteiger partial charge in [-0.1, -0.05) is 19.1 Å². The van der Waals surface area contributed by atoms with Crippen LogP contribution in [0.1, 0.15) is 45.4 Å². The second kappa shape index (κ2) is 8.54. The van der Waals surface area contributed by atoms with Gasteiger partial charge in [0.1, 0.15) is 0 Å². The Hall–Kier alpha value is -0.870. The Morgan fingerprint density at radius 1 is 1.19 bits per heavy atom. The molecule has 21 heavy (non-hydrogen) atoms. The summed E-state index contributed by atoms with van der Waals surface area (Å²) in [5.41, 5.74) is 0. The quantitative estimate of drug-likeness (QED) is 0.789. The van der Waals surface area contributed by atoms with Crippen LogP contribution in [0.4, 0.5) is 0 Å². The third kappa shape index (κ3) is 4.82.